The lowest BCUT2D eigenvalue weighted by Crippen LogP contribution is -1.96. The van der Waals surface area contributed by atoms with Crippen LogP contribution < -0.4 is 5.32 Å². The second-order valence-corrected chi connectivity index (χ2v) is 4.87. The highest BCUT2D eigenvalue weighted by atomic mass is 79.9. The molecule has 2 aromatic carbocycles. The van der Waals surface area contributed by atoms with Gasteiger partial charge in [-0.05, 0) is 52.2 Å². The summed E-state index contributed by atoms with van der Waals surface area (Å²) in [5.74, 6) is -0.457. The molecule has 0 spiro atoms. The molecule has 96 valence electrons. The minimum Gasteiger partial charge on any atom is -0.353 e. The number of nitriles is 1. The number of benzene rings is 2. The zero-order valence-corrected chi connectivity index (χ0v) is 12.0. The van der Waals surface area contributed by atoms with Crippen molar-refractivity contribution in [1.82, 2.24) is 0 Å². The van der Waals surface area contributed by atoms with Crippen molar-refractivity contribution in [3.8, 4) is 6.07 Å². The Bertz CT molecular complexity index is 647. The lowest BCUT2D eigenvalue weighted by atomic mass is 10.1. The van der Waals surface area contributed by atoms with E-state index in [1.165, 1.54) is 5.56 Å². The molecule has 0 saturated heterocycles. The monoisotopic (exact) mass is 318 g/mol. The van der Waals surface area contributed by atoms with Crippen molar-refractivity contribution in [2.24, 2.45) is 0 Å². The van der Waals surface area contributed by atoms with Crippen molar-refractivity contribution in [2.45, 2.75) is 13.3 Å². The van der Waals surface area contributed by atoms with E-state index in [1.807, 2.05) is 30.3 Å². The fourth-order valence-electron chi connectivity index (χ4n) is 1.76. The van der Waals surface area contributed by atoms with Crippen molar-refractivity contribution in [3.63, 3.8) is 0 Å². The van der Waals surface area contributed by atoms with Crippen molar-refractivity contribution in [2.75, 3.05) is 5.32 Å². The molecule has 0 bridgehead atoms. The molecule has 4 heteroatoms. The third-order valence-corrected chi connectivity index (χ3v) is 3.59. The molecule has 0 aromatic heterocycles. The quantitative estimate of drug-likeness (QED) is 0.885. The van der Waals surface area contributed by atoms with E-state index in [4.69, 9.17) is 5.26 Å². The normalized spacial score (nSPS) is 10.0. The highest BCUT2D eigenvalue weighted by Gasteiger charge is 2.11. The van der Waals surface area contributed by atoms with Gasteiger partial charge in [-0.15, -0.1) is 0 Å². The molecule has 1 N–H and O–H groups in total. The van der Waals surface area contributed by atoms with Crippen LogP contribution >= 0.6 is 15.9 Å². The Balaban J connectivity index is 2.34. The first-order valence-electron chi connectivity index (χ1n) is 5.89. The summed E-state index contributed by atoms with van der Waals surface area (Å²) in [6, 6.07) is 12.9. The minimum atomic E-state index is -0.457. The number of hydrogen-bond donors (Lipinski definition) is 1. The van der Waals surface area contributed by atoms with E-state index in [2.05, 4.69) is 28.2 Å². The Labute approximate surface area is 120 Å². The summed E-state index contributed by atoms with van der Waals surface area (Å²) in [6.45, 7) is 2.07. The lowest BCUT2D eigenvalue weighted by molar-refractivity contribution is 0.624. The molecule has 0 atom stereocenters. The average Bonchev–Trinajstić information content (AvgIpc) is 2.44. The summed E-state index contributed by atoms with van der Waals surface area (Å²) in [5.41, 5.74) is 2.64. The second-order valence-electron chi connectivity index (χ2n) is 4.08. The van der Waals surface area contributed by atoms with E-state index in [0.717, 1.165) is 12.1 Å². The van der Waals surface area contributed by atoms with Gasteiger partial charge < -0.3 is 5.32 Å². The van der Waals surface area contributed by atoms with Crippen LogP contribution in [0.4, 0.5) is 15.8 Å². The van der Waals surface area contributed by atoms with Crippen molar-refractivity contribution >= 4 is 27.3 Å². The summed E-state index contributed by atoms with van der Waals surface area (Å²) >= 11 is 3.10. The molecule has 19 heavy (non-hydrogen) atoms. The largest absolute Gasteiger partial charge is 0.353 e. The van der Waals surface area contributed by atoms with Crippen LogP contribution in [0.1, 0.15) is 18.1 Å². The van der Waals surface area contributed by atoms with Crippen LogP contribution in [0.2, 0.25) is 0 Å². The van der Waals surface area contributed by atoms with Gasteiger partial charge in [0, 0.05) is 5.69 Å². The first-order chi connectivity index (χ1) is 9.15. The highest BCUT2D eigenvalue weighted by molar-refractivity contribution is 9.10. The van der Waals surface area contributed by atoms with Crippen molar-refractivity contribution in [3.05, 3.63) is 57.8 Å². The Hall–Kier alpha value is -1.86. The molecule has 0 radical (unpaired) electrons. The molecule has 0 unspecified atom stereocenters. The zero-order chi connectivity index (χ0) is 13.8. The van der Waals surface area contributed by atoms with Gasteiger partial charge in [0.1, 0.15) is 6.07 Å². The first-order valence-corrected chi connectivity index (χ1v) is 6.69. The van der Waals surface area contributed by atoms with Gasteiger partial charge in [-0.3, -0.25) is 0 Å². The Morgan fingerprint density at radius 3 is 2.79 bits per heavy atom. The van der Waals surface area contributed by atoms with Gasteiger partial charge in [-0.2, -0.15) is 5.26 Å². The predicted molar refractivity (Wildman–Crippen MR) is 77.9 cm³/mol. The predicted octanol–water partition coefficient (Wildman–Crippen LogP) is 4.77. The van der Waals surface area contributed by atoms with Crippen LogP contribution in [0.25, 0.3) is 0 Å². The average molecular weight is 319 g/mol. The number of halogens is 2. The maximum absolute atomic E-state index is 14.1. The molecular formula is C15H12BrFN2. The van der Waals surface area contributed by atoms with Gasteiger partial charge in [0.25, 0.3) is 0 Å². The van der Waals surface area contributed by atoms with Gasteiger partial charge in [0.05, 0.1) is 15.7 Å². The van der Waals surface area contributed by atoms with Gasteiger partial charge in [0.2, 0.25) is 0 Å². The summed E-state index contributed by atoms with van der Waals surface area (Å²) in [4.78, 5) is 0. The summed E-state index contributed by atoms with van der Waals surface area (Å²) in [6.07, 6.45) is 0.926. The van der Waals surface area contributed by atoms with Crippen molar-refractivity contribution < 1.29 is 4.39 Å². The molecule has 2 nitrogen and oxygen atoms in total. The summed E-state index contributed by atoms with van der Waals surface area (Å²) < 4.78 is 14.2. The van der Waals surface area contributed by atoms with E-state index in [-0.39, 0.29) is 10.0 Å². The van der Waals surface area contributed by atoms with Crippen LogP contribution in [-0.4, -0.2) is 0 Å². The maximum atomic E-state index is 14.1. The maximum Gasteiger partial charge on any atom is 0.162 e. The lowest BCUT2D eigenvalue weighted by Gasteiger charge is -2.10. The van der Waals surface area contributed by atoms with E-state index in [9.17, 15) is 4.39 Å². The molecule has 2 aromatic rings. The second kappa shape index (κ2) is 5.85. The van der Waals surface area contributed by atoms with Gasteiger partial charge in [-0.25, -0.2) is 4.39 Å². The topological polar surface area (TPSA) is 35.8 Å². The van der Waals surface area contributed by atoms with E-state index < -0.39 is 5.82 Å². The molecular weight excluding hydrogens is 307 g/mol. The molecule has 0 aliphatic heterocycles. The van der Waals surface area contributed by atoms with Crippen LogP contribution in [0.15, 0.2) is 40.9 Å². The van der Waals surface area contributed by atoms with Gasteiger partial charge >= 0.3 is 0 Å². The molecule has 2 rings (SSSR count). The summed E-state index contributed by atoms with van der Waals surface area (Å²) in [5, 5.41) is 11.8. The number of nitrogens with zero attached hydrogens (tertiary/aromatic N) is 1. The Morgan fingerprint density at radius 2 is 2.11 bits per heavy atom. The molecule has 0 aliphatic carbocycles. The number of nitrogens with one attached hydrogen (secondary N) is 1. The van der Waals surface area contributed by atoms with E-state index in [1.54, 1.807) is 12.1 Å². The van der Waals surface area contributed by atoms with Crippen LogP contribution in [0.3, 0.4) is 0 Å². The third-order valence-electron chi connectivity index (χ3n) is 2.82. The smallest absolute Gasteiger partial charge is 0.162 e. The van der Waals surface area contributed by atoms with Crippen LogP contribution in [0.5, 0.6) is 0 Å². The van der Waals surface area contributed by atoms with Crippen LogP contribution in [-0.2, 0) is 6.42 Å². The van der Waals surface area contributed by atoms with Crippen LogP contribution in [0, 0.1) is 17.1 Å². The van der Waals surface area contributed by atoms with E-state index in [0.29, 0.717) is 5.69 Å². The Kier molecular flexibility index (Phi) is 4.18. The van der Waals surface area contributed by atoms with Crippen molar-refractivity contribution in [1.29, 1.82) is 5.26 Å². The standard InChI is InChI=1S/C15H12BrFN2/c1-2-10-4-3-5-12(8-10)19-13-7-6-11(9-18)14(16)15(13)17/h3-8,19H,2H2,1H3. The third kappa shape index (κ3) is 2.94. The van der Waals surface area contributed by atoms with Gasteiger partial charge in [0.15, 0.2) is 5.82 Å². The number of aryl methyl sites for hydroxylation is 1. The molecule has 0 aliphatic rings. The number of anilines is 2. The fraction of sp³-hybridized carbons (Fsp3) is 0.133. The number of rotatable bonds is 3. The molecule has 0 heterocycles. The van der Waals surface area contributed by atoms with Gasteiger partial charge in [-0.1, -0.05) is 19.1 Å². The SMILES string of the molecule is CCc1cccc(Nc2ccc(C#N)c(Br)c2F)c1. The zero-order valence-electron chi connectivity index (χ0n) is 10.4. The highest BCUT2D eigenvalue weighted by Crippen LogP contribution is 2.28. The Morgan fingerprint density at radius 1 is 1.32 bits per heavy atom. The van der Waals surface area contributed by atoms with E-state index >= 15 is 0 Å². The minimum absolute atomic E-state index is 0.187. The summed E-state index contributed by atoms with van der Waals surface area (Å²) in [7, 11) is 0. The molecule has 0 fully saturated rings. The first kappa shape index (κ1) is 13.6. The molecule has 0 amide bonds. The number of hydrogen-bond acceptors (Lipinski definition) is 2. The molecule has 0 saturated carbocycles. The fourth-order valence-corrected chi connectivity index (χ4v) is 2.19.